The fraction of sp³-hybridized carbons (Fsp3) is 0.235. The molecule has 1 atom stereocenters. The molecule has 0 spiro atoms. The molecule has 3 rings (SSSR count). The molecule has 1 unspecified atom stereocenters. The summed E-state index contributed by atoms with van der Waals surface area (Å²) in [5, 5.41) is 3.38. The van der Waals surface area contributed by atoms with Crippen LogP contribution in [0.15, 0.2) is 34.9 Å². The highest BCUT2D eigenvalue weighted by atomic mass is 19.1. The van der Waals surface area contributed by atoms with Gasteiger partial charge in [-0.05, 0) is 45.0 Å². The van der Waals surface area contributed by atoms with E-state index in [9.17, 15) is 8.78 Å². The maximum Gasteiger partial charge on any atom is 0.149 e. The molecular formula is C17H16F2N2O. The molecule has 0 amide bonds. The first-order chi connectivity index (χ1) is 10.5. The van der Waals surface area contributed by atoms with Crippen LogP contribution in [0.1, 0.15) is 30.0 Å². The lowest BCUT2D eigenvalue weighted by Gasteiger charge is -2.16. The van der Waals surface area contributed by atoms with E-state index < -0.39 is 11.6 Å². The molecule has 3 aromatic rings. The van der Waals surface area contributed by atoms with Crippen molar-refractivity contribution in [3.05, 3.63) is 59.2 Å². The Balaban J connectivity index is 2.04. The maximum atomic E-state index is 14.1. The van der Waals surface area contributed by atoms with Crippen molar-refractivity contribution in [2.45, 2.75) is 26.8 Å². The van der Waals surface area contributed by atoms with Crippen molar-refractivity contribution in [2.24, 2.45) is 0 Å². The van der Waals surface area contributed by atoms with Gasteiger partial charge >= 0.3 is 0 Å². The van der Waals surface area contributed by atoms with Crippen molar-refractivity contribution >= 4 is 16.6 Å². The Kier molecular flexibility index (Phi) is 3.56. The quantitative estimate of drug-likeness (QED) is 0.748. The van der Waals surface area contributed by atoms with E-state index in [0.717, 1.165) is 29.2 Å². The Morgan fingerprint density at radius 3 is 2.55 bits per heavy atom. The molecule has 0 aliphatic carbocycles. The van der Waals surface area contributed by atoms with Gasteiger partial charge in [0.2, 0.25) is 0 Å². The normalized spacial score (nSPS) is 12.6. The molecule has 5 heteroatoms. The molecule has 3 nitrogen and oxygen atoms in total. The summed E-state index contributed by atoms with van der Waals surface area (Å²) in [6.07, 6.45) is 1.47. The first kappa shape index (κ1) is 14.5. The van der Waals surface area contributed by atoms with E-state index >= 15 is 0 Å². The first-order valence-corrected chi connectivity index (χ1v) is 7.03. The summed E-state index contributed by atoms with van der Waals surface area (Å²) in [6, 6.07) is 5.67. The Hall–Kier alpha value is -2.43. The summed E-state index contributed by atoms with van der Waals surface area (Å²) in [4.78, 5) is 3.93. The number of furan rings is 1. The molecular weight excluding hydrogens is 286 g/mol. The van der Waals surface area contributed by atoms with Crippen LogP contribution in [-0.4, -0.2) is 4.98 Å². The van der Waals surface area contributed by atoms with Crippen molar-refractivity contribution in [1.82, 2.24) is 4.98 Å². The topological polar surface area (TPSA) is 38.1 Å². The van der Waals surface area contributed by atoms with E-state index in [-0.39, 0.29) is 16.9 Å². The van der Waals surface area contributed by atoms with Crippen LogP contribution in [0, 0.1) is 25.5 Å². The zero-order chi connectivity index (χ0) is 15.9. The minimum Gasteiger partial charge on any atom is -0.466 e. The third-order valence-electron chi connectivity index (χ3n) is 3.71. The van der Waals surface area contributed by atoms with Crippen LogP contribution in [-0.2, 0) is 0 Å². The van der Waals surface area contributed by atoms with Crippen LogP contribution in [0.3, 0.4) is 0 Å². The lowest BCUT2D eigenvalue weighted by molar-refractivity contribution is 0.500. The number of hydrogen-bond acceptors (Lipinski definition) is 3. The number of pyridine rings is 1. The van der Waals surface area contributed by atoms with Gasteiger partial charge in [0, 0.05) is 17.4 Å². The molecule has 22 heavy (non-hydrogen) atoms. The zero-order valence-electron chi connectivity index (χ0n) is 12.6. The van der Waals surface area contributed by atoms with Gasteiger partial charge in [0.1, 0.15) is 28.7 Å². The SMILES string of the molecule is Cc1cc(C(C)Nc2ccnc3c(F)ccc(F)c23)c(C)o1. The Bertz CT molecular complexity index is 842. The predicted octanol–water partition coefficient (Wildman–Crippen LogP) is 4.90. The van der Waals surface area contributed by atoms with Crippen molar-refractivity contribution in [2.75, 3.05) is 5.32 Å². The molecule has 0 radical (unpaired) electrons. The number of nitrogens with one attached hydrogen (secondary N) is 1. The van der Waals surface area contributed by atoms with E-state index in [2.05, 4.69) is 10.3 Å². The van der Waals surface area contributed by atoms with Crippen LogP contribution in [0.4, 0.5) is 14.5 Å². The number of nitrogens with zero attached hydrogens (tertiary/aromatic N) is 1. The largest absolute Gasteiger partial charge is 0.466 e. The summed E-state index contributed by atoms with van der Waals surface area (Å²) in [7, 11) is 0. The highest BCUT2D eigenvalue weighted by Gasteiger charge is 2.16. The predicted molar refractivity (Wildman–Crippen MR) is 81.9 cm³/mol. The summed E-state index contributed by atoms with van der Waals surface area (Å²) >= 11 is 0. The third-order valence-corrected chi connectivity index (χ3v) is 3.71. The Morgan fingerprint density at radius 2 is 1.86 bits per heavy atom. The van der Waals surface area contributed by atoms with Crippen molar-refractivity contribution < 1.29 is 13.2 Å². The van der Waals surface area contributed by atoms with Crippen LogP contribution in [0.2, 0.25) is 0 Å². The van der Waals surface area contributed by atoms with Crippen LogP contribution >= 0.6 is 0 Å². The lowest BCUT2D eigenvalue weighted by Crippen LogP contribution is -2.08. The van der Waals surface area contributed by atoms with Crippen LogP contribution < -0.4 is 5.32 Å². The number of aryl methyl sites for hydroxylation is 2. The highest BCUT2D eigenvalue weighted by Crippen LogP contribution is 2.30. The molecule has 114 valence electrons. The molecule has 0 bridgehead atoms. The highest BCUT2D eigenvalue weighted by molar-refractivity contribution is 5.92. The summed E-state index contributed by atoms with van der Waals surface area (Å²) < 4.78 is 33.4. The number of fused-ring (bicyclic) bond motifs is 1. The monoisotopic (exact) mass is 302 g/mol. The smallest absolute Gasteiger partial charge is 0.149 e. The van der Waals surface area contributed by atoms with E-state index in [0.29, 0.717) is 5.69 Å². The minimum absolute atomic E-state index is 0.0253. The van der Waals surface area contributed by atoms with Gasteiger partial charge in [0.15, 0.2) is 0 Å². The third kappa shape index (κ3) is 2.43. The fourth-order valence-electron chi connectivity index (χ4n) is 2.70. The fourth-order valence-corrected chi connectivity index (χ4v) is 2.70. The standard InChI is InChI=1S/C17H16F2N2O/c1-9-8-12(11(3)22-9)10(2)21-15-6-7-20-17-14(19)5-4-13(18)16(15)17/h4-8,10H,1-3H3,(H,20,21). The first-order valence-electron chi connectivity index (χ1n) is 7.03. The number of aromatic nitrogens is 1. The molecule has 1 aromatic carbocycles. The second-order valence-electron chi connectivity index (χ2n) is 5.35. The van der Waals surface area contributed by atoms with Crippen LogP contribution in [0.25, 0.3) is 10.9 Å². The van der Waals surface area contributed by atoms with Gasteiger partial charge in [-0.25, -0.2) is 8.78 Å². The van der Waals surface area contributed by atoms with Crippen molar-refractivity contribution in [3.8, 4) is 0 Å². The Labute approximate surface area is 127 Å². The number of anilines is 1. The van der Waals surface area contributed by atoms with Gasteiger partial charge in [0.05, 0.1) is 11.4 Å². The second kappa shape index (κ2) is 5.40. The summed E-state index contributed by atoms with van der Waals surface area (Å²) in [5.41, 5.74) is 1.52. The molecule has 0 aliphatic rings. The van der Waals surface area contributed by atoms with Gasteiger partial charge < -0.3 is 9.73 Å². The molecule has 0 saturated carbocycles. The molecule has 0 aliphatic heterocycles. The zero-order valence-corrected chi connectivity index (χ0v) is 12.6. The average molecular weight is 302 g/mol. The number of hydrogen-bond donors (Lipinski definition) is 1. The number of rotatable bonds is 3. The van der Waals surface area contributed by atoms with Crippen molar-refractivity contribution in [1.29, 1.82) is 0 Å². The maximum absolute atomic E-state index is 14.1. The number of halogens is 2. The summed E-state index contributed by atoms with van der Waals surface area (Å²) in [6.45, 7) is 5.70. The van der Waals surface area contributed by atoms with Crippen LogP contribution in [0.5, 0.6) is 0 Å². The van der Waals surface area contributed by atoms with Gasteiger partial charge in [-0.15, -0.1) is 0 Å². The van der Waals surface area contributed by atoms with Gasteiger partial charge in [0.25, 0.3) is 0 Å². The minimum atomic E-state index is -0.539. The number of benzene rings is 1. The van der Waals surface area contributed by atoms with E-state index in [1.165, 1.54) is 6.20 Å². The summed E-state index contributed by atoms with van der Waals surface area (Å²) in [5.74, 6) is 0.586. The van der Waals surface area contributed by atoms with E-state index in [4.69, 9.17) is 4.42 Å². The molecule has 2 aromatic heterocycles. The van der Waals surface area contributed by atoms with Gasteiger partial charge in [-0.3, -0.25) is 4.98 Å². The van der Waals surface area contributed by atoms with E-state index in [1.54, 1.807) is 6.07 Å². The van der Waals surface area contributed by atoms with Gasteiger partial charge in [-0.1, -0.05) is 0 Å². The van der Waals surface area contributed by atoms with Gasteiger partial charge in [-0.2, -0.15) is 0 Å². The van der Waals surface area contributed by atoms with Crippen molar-refractivity contribution in [3.63, 3.8) is 0 Å². The average Bonchev–Trinajstić information content (AvgIpc) is 2.82. The van der Waals surface area contributed by atoms with E-state index in [1.807, 2.05) is 26.8 Å². The Morgan fingerprint density at radius 1 is 1.14 bits per heavy atom. The molecule has 2 heterocycles. The molecule has 0 fully saturated rings. The second-order valence-corrected chi connectivity index (χ2v) is 5.35. The lowest BCUT2D eigenvalue weighted by atomic mass is 10.1. The molecule has 0 saturated heterocycles. The molecule has 1 N–H and O–H groups in total.